The molecule has 0 aliphatic heterocycles. The van der Waals surface area contributed by atoms with Crippen LogP contribution >= 0.6 is 0 Å². The number of carbonyl (C=O) groups is 2. The van der Waals surface area contributed by atoms with Gasteiger partial charge in [0.05, 0.1) is 24.6 Å². The molecule has 8 heteroatoms. The zero-order valence-corrected chi connectivity index (χ0v) is 17.4. The minimum Gasteiger partial charge on any atom is -0.497 e. The molecule has 4 aromatic rings. The van der Waals surface area contributed by atoms with Crippen LogP contribution in [0.2, 0.25) is 0 Å². The fourth-order valence-corrected chi connectivity index (χ4v) is 3.16. The van der Waals surface area contributed by atoms with Crippen molar-refractivity contribution in [1.29, 1.82) is 0 Å². The number of hydrogen-bond donors (Lipinski definition) is 2. The Hall–Kier alpha value is -4.33. The lowest BCUT2D eigenvalue weighted by atomic mass is 10.1. The maximum absolute atomic E-state index is 13.0. The Morgan fingerprint density at radius 2 is 1.66 bits per heavy atom. The van der Waals surface area contributed by atoms with E-state index in [1.807, 2.05) is 54.6 Å². The highest BCUT2D eigenvalue weighted by Crippen LogP contribution is 2.25. The summed E-state index contributed by atoms with van der Waals surface area (Å²) in [5.41, 5.74) is 2.61. The average molecular weight is 430 g/mol. The molecule has 0 atom stereocenters. The van der Waals surface area contributed by atoms with Crippen LogP contribution in [0.5, 0.6) is 5.75 Å². The number of para-hydroxylation sites is 1. The number of amides is 2. The maximum Gasteiger partial charge on any atom is 0.287 e. The fourth-order valence-electron chi connectivity index (χ4n) is 3.16. The van der Waals surface area contributed by atoms with E-state index in [1.165, 1.54) is 6.26 Å². The molecule has 2 heterocycles. The lowest BCUT2D eigenvalue weighted by molar-refractivity contribution is 0.0911. The van der Waals surface area contributed by atoms with Crippen LogP contribution in [-0.2, 0) is 0 Å². The predicted molar refractivity (Wildman–Crippen MR) is 119 cm³/mol. The van der Waals surface area contributed by atoms with Crippen LogP contribution in [0.15, 0.2) is 83.6 Å². The summed E-state index contributed by atoms with van der Waals surface area (Å²) in [7, 11) is 1.60. The van der Waals surface area contributed by atoms with Gasteiger partial charge in [-0.25, -0.2) is 4.68 Å². The minimum atomic E-state index is -0.333. The van der Waals surface area contributed by atoms with Gasteiger partial charge < -0.3 is 19.8 Å². The number of ether oxygens (including phenoxy) is 1. The SMILES string of the molecule is COc1ccc(-c2nn(-c3ccccc3)cc2C(=O)NCCNC(=O)c2ccco2)cc1. The molecule has 0 saturated heterocycles. The molecule has 2 aromatic carbocycles. The molecule has 0 spiro atoms. The number of carbonyl (C=O) groups excluding carboxylic acids is 2. The summed E-state index contributed by atoms with van der Waals surface area (Å²) in [6.45, 7) is 0.514. The van der Waals surface area contributed by atoms with Gasteiger partial charge in [-0.05, 0) is 48.5 Å². The highest BCUT2D eigenvalue weighted by molar-refractivity contribution is 6.00. The molecule has 0 unspecified atom stereocenters. The van der Waals surface area contributed by atoms with Gasteiger partial charge in [0.25, 0.3) is 11.8 Å². The predicted octanol–water partition coefficient (Wildman–Crippen LogP) is 3.30. The molecule has 0 fully saturated rings. The standard InChI is InChI=1S/C24H22N4O4/c1-31-19-11-9-17(10-12-19)22-20(16-28(27-22)18-6-3-2-4-7-18)23(29)25-13-14-26-24(30)21-8-5-15-32-21/h2-12,15-16H,13-14H2,1H3,(H,25,29)(H,26,30). The van der Waals surface area contributed by atoms with E-state index in [-0.39, 0.29) is 30.7 Å². The second-order valence-electron chi connectivity index (χ2n) is 6.89. The minimum absolute atomic E-state index is 0.224. The van der Waals surface area contributed by atoms with Crippen LogP contribution in [0.25, 0.3) is 16.9 Å². The topological polar surface area (TPSA) is 98.4 Å². The van der Waals surface area contributed by atoms with Crippen LogP contribution in [0.3, 0.4) is 0 Å². The van der Waals surface area contributed by atoms with E-state index >= 15 is 0 Å². The third-order valence-corrected chi connectivity index (χ3v) is 4.78. The number of methoxy groups -OCH3 is 1. The Morgan fingerprint density at radius 1 is 0.938 bits per heavy atom. The van der Waals surface area contributed by atoms with Gasteiger partial charge in [-0.15, -0.1) is 0 Å². The number of nitrogens with one attached hydrogen (secondary N) is 2. The van der Waals surface area contributed by atoms with Gasteiger partial charge in [-0.3, -0.25) is 9.59 Å². The maximum atomic E-state index is 13.0. The van der Waals surface area contributed by atoms with Gasteiger partial charge in [0.15, 0.2) is 5.76 Å². The van der Waals surface area contributed by atoms with Crippen molar-refractivity contribution in [3.8, 4) is 22.7 Å². The lowest BCUT2D eigenvalue weighted by Gasteiger charge is -2.07. The van der Waals surface area contributed by atoms with Crippen LogP contribution in [0.1, 0.15) is 20.9 Å². The number of aromatic nitrogens is 2. The third kappa shape index (κ3) is 4.70. The van der Waals surface area contributed by atoms with E-state index in [1.54, 1.807) is 30.1 Å². The summed E-state index contributed by atoms with van der Waals surface area (Å²) in [5, 5.41) is 10.2. The van der Waals surface area contributed by atoms with Crippen molar-refractivity contribution in [1.82, 2.24) is 20.4 Å². The van der Waals surface area contributed by atoms with E-state index in [4.69, 9.17) is 9.15 Å². The van der Waals surface area contributed by atoms with Crippen molar-refractivity contribution in [2.45, 2.75) is 0 Å². The molecular weight excluding hydrogens is 408 g/mol. The number of hydrogen-bond acceptors (Lipinski definition) is 5. The Kier molecular flexibility index (Phi) is 6.31. The van der Waals surface area contributed by atoms with Crippen molar-refractivity contribution in [2.24, 2.45) is 0 Å². The first-order valence-electron chi connectivity index (χ1n) is 10.0. The quantitative estimate of drug-likeness (QED) is 0.418. The third-order valence-electron chi connectivity index (χ3n) is 4.78. The van der Waals surface area contributed by atoms with Crippen LogP contribution in [0.4, 0.5) is 0 Å². The molecule has 0 aliphatic rings. The summed E-state index contributed by atoms with van der Waals surface area (Å²) in [6, 6.07) is 20.1. The summed E-state index contributed by atoms with van der Waals surface area (Å²) in [6.07, 6.45) is 3.13. The first-order chi connectivity index (χ1) is 15.7. The van der Waals surface area contributed by atoms with E-state index in [9.17, 15) is 9.59 Å². The van der Waals surface area contributed by atoms with Crippen LogP contribution < -0.4 is 15.4 Å². The monoisotopic (exact) mass is 430 g/mol. The molecule has 2 aromatic heterocycles. The summed E-state index contributed by atoms with van der Waals surface area (Å²) in [5.74, 6) is 0.321. The fraction of sp³-hybridized carbons (Fsp3) is 0.125. The molecule has 8 nitrogen and oxygen atoms in total. The van der Waals surface area contributed by atoms with Crippen LogP contribution in [-0.4, -0.2) is 41.8 Å². The summed E-state index contributed by atoms with van der Waals surface area (Å²) < 4.78 is 11.9. The van der Waals surface area contributed by atoms with E-state index in [2.05, 4.69) is 15.7 Å². The average Bonchev–Trinajstić information content (AvgIpc) is 3.53. The van der Waals surface area contributed by atoms with Crippen LogP contribution in [0, 0.1) is 0 Å². The Balaban J connectivity index is 1.50. The Morgan fingerprint density at radius 3 is 2.31 bits per heavy atom. The molecule has 0 radical (unpaired) electrons. The summed E-state index contributed by atoms with van der Waals surface area (Å²) in [4.78, 5) is 24.9. The van der Waals surface area contributed by atoms with Gasteiger partial charge >= 0.3 is 0 Å². The van der Waals surface area contributed by atoms with Crippen molar-refractivity contribution in [3.05, 3.63) is 90.5 Å². The molecule has 0 bridgehead atoms. The summed E-state index contributed by atoms with van der Waals surface area (Å²) >= 11 is 0. The zero-order valence-electron chi connectivity index (χ0n) is 17.4. The van der Waals surface area contributed by atoms with Gasteiger partial charge in [0.2, 0.25) is 0 Å². The first-order valence-corrected chi connectivity index (χ1v) is 10.0. The smallest absolute Gasteiger partial charge is 0.287 e. The zero-order chi connectivity index (χ0) is 22.3. The highest BCUT2D eigenvalue weighted by atomic mass is 16.5. The van der Waals surface area contributed by atoms with E-state index < -0.39 is 0 Å². The van der Waals surface area contributed by atoms with E-state index in [0.717, 1.165) is 17.0 Å². The second kappa shape index (κ2) is 9.65. The van der Waals surface area contributed by atoms with Crippen molar-refractivity contribution in [2.75, 3.05) is 20.2 Å². The molecule has 162 valence electrons. The number of benzene rings is 2. The van der Waals surface area contributed by atoms with Crippen molar-refractivity contribution in [3.63, 3.8) is 0 Å². The van der Waals surface area contributed by atoms with Gasteiger partial charge in [-0.1, -0.05) is 18.2 Å². The molecule has 0 saturated carbocycles. The van der Waals surface area contributed by atoms with Gasteiger partial charge in [0.1, 0.15) is 11.4 Å². The Bertz CT molecular complexity index is 1180. The van der Waals surface area contributed by atoms with Gasteiger partial charge in [-0.2, -0.15) is 5.10 Å². The second-order valence-corrected chi connectivity index (χ2v) is 6.89. The normalized spacial score (nSPS) is 10.5. The lowest BCUT2D eigenvalue weighted by Crippen LogP contribution is -2.34. The van der Waals surface area contributed by atoms with Crippen molar-refractivity contribution < 1.29 is 18.7 Å². The molecular formula is C24H22N4O4. The highest BCUT2D eigenvalue weighted by Gasteiger charge is 2.19. The largest absolute Gasteiger partial charge is 0.497 e. The molecule has 2 N–H and O–H groups in total. The Labute approximate surface area is 184 Å². The van der Waals surface area contributed by atoms with Gasteiger partial charge in [0, 0.05) is 24.8 Å². The molecule has 0 aliphatic carbocycles. The number of rotatable bonds is 8. The first kappa shape index (κ1) is 20.9. The molecule has 2 amide bonds. The number of furan rings is 1. The molecule has 4 rings (SSSR count). The van der Waals surface area contributed by atoms with Crippen molar-refractivity contribution >= 4 is 11.8 Å². The number of nitrogens with zero attached hydrogens (tertiary/aromatic N) is 2. The molecule has 32 heavy (non-hydrogen) atoms. The van der Waals surface area contributed by atoms with E-state index in [0.29, 0.717) is 11.3 Å².